The van der Waals surface area contributed by atoms with Gasteiger partial charge in [-0.15, -0.1) is 0 Å². The molecule has 22 heavy (non-hydrogen) atoms. The summed E-state index contributed by atoms with van der Waals surface area (Å²) < 4.78 is 0. The summed E-state index contributed by atoms with van der Waals surface area (Å²) in [4.78, 5) is 25.7. The first-order chi connectivity index (χ1) is 10.5. The third-order valence-electron chi connectivity index (χ3n) is 4.00. The Kier molecular flexibility index (Phi) is 5.38. The van der Waals surface area contributed by atoms with Gasteiger partial charge in [0.15, 0.2) is 0 Å². The molecular weight excluding hydrogens is 284 g/mol. The molecule has 1 saturated heterocycles. The fourth-order valence-electron chi connectivity index (χ4n) is 2.86. The first kappa shape index (κ1) is 16.3. The van der Waals surface area contributed by atoms with Gasteiger partial charge in [0, 0.05) is 5.56 Å². The number of rotatable bonds is 5. The second kappa shape index (κ2) is 7.26. The minimum Gasteiger partial charge on any atom is -0.508 e. The first-order valence-electron chi connectivity index (χ1n) is 7.56. The summed E-state index contributed by atoms with van der Waals surface area (Å²) in [6.45, 7) is 3.21. The number of hydrogen-bond donors (Lipinski definition) is 3. The van der Waals surface area contributed by atoms with E-state index in [0.29, 0.717) is 5.56 Å². The van der Waals surface area contributed by atoms with Crippen LogP contribution >= 0.6 is 0 Å². The van der Waals surface area contributed by atoms with Crippen LogP contribution in [-0.4, -0.2) is 52.2 Å². The molecule has 1 amide bonds. The van der Waals surface area contributed by atoms with Gasteiger partial charge in [-0.05, 0) is 57.1 Å². The largest absolute Gasteiger partial charge is 0.508 e. The van der Waals surface area contributed by atoms with Crippen molar-refractivity contribution in [3.05, 3.63) is 29.8 Å². The van der Waals surface area contributed by atoms with Crippen LogP contribution < -0.4 is 5.32 Å². The zero-order valence-electron chi connectivity index (χ0n) is 12.7. The maximum atomic E-state index is 12.2. The molecule has 1 fully saturated rings. The van der Waals surface area contributed by atoms with E-state index < -0.39 is 18.1 Å². The number of aliphatic carboxylic acids is 1. The van der Waals surface area contributed by atoms with Crippen molar-refractivity contribution in [3.63, 3.8) is 0 Å². The maximum Gasteiger partial charge on any atom is 0.323 e. The second-order valence-electron chi connectivity index (χ2n) is 5.69. The minimum absolute atomic E-state index is 0.0846. The van der Waals surface area contributed by atoms with Crippen molar-refractivity contribution in [1.82, 2.24) is 10.2 Å². The van der Waals surface area contributed by atoms with Crippen molar-refractivity contribution in [2.75, 3.05) is 13.1 Å². The zero-order valence-corrected chi connectivity index (χ0v) is 12.7. The zero-order chi connectivity index (χ0) is 16.1. The van der Waals surface area contributed by atoms with Crippen LogP contribution in [0.5, 0.6) is 5.75 Å². The number of nitrogens with zero attached hydrogens (tertiary/aromatic N) is 1. The van der Waals surface area contributed by atoms with Crippen molar-refractivity contribution < 1.29 is 19.8 Å². The Labute approximate surface area is 129 Å². The fraction of sp³-hybridized carbons (Fsp3) is 0.500. The van der Waals surface area contributed by atoms with E-state index in [1.165, 1.54) is 24.3 Å². The summed E-state index contributed by atoms with van der Waals surface area (Å²) in [7, 11) is 0. The molecule has 0 spiro atoms. The van der Waals surface area contributed by atoms with Crippen LogP contribution in [0.2, 0.25) is 0 Å². The highest BCUT2D eigenvalue weighted by molar-refractivity contribution is 5.94. The number of aromatic hydroxyl groups is 1. The summed E-state index contributed by atoms with van der Waals surface area (Å²) in [5.74, 6) is -1.17. The van der Waals surface area contributed by atoms with E-state index in [2.05, 4.69) is 5.32 Å². The van der Waals surface area contributed by atoms with E-state index >= 15 is 0 Å². The Morgan fingerprint density at radius 1 is 1.14 bits per heavy atom. The monoisotopic (exact) mass is 306 g/mol. The highest BCUT2D eigenvalue weighted by atomic mass is 16.4. The average Bonchev–Trinajstić information content (AvgIpc) is 2.48. The molecule has 6 nitrogen and oxygen atoms in total. The summed E-state index contributed by atoms with van der Waals surface area (Å²) in [6.07, 6.45) is 3.10. The Hall–Kier alpha value is -2.08. The van der Waals surface area contributed by atoms with Gasteiger partial charge in [0.05, 0.1) is 6.04 Å². The number of amides is 1. The van der Waals surface area contributed by atoms with Gasteiger partial charge in [-0.1, -0.05) is 6.42 Å². The third kappa shape index (κ3) is 3.98. The van der Waals surface area contributed by atoms with E-state index in [9.17, 15) is 19.8 Å². The molecule has 1 aromatic carbocycles. The highest BCUT2D eigenvalue weighted by Gasteiger charge is 2.32. The molecule has 0 aromatic heterocycles. The molecule has 1 aromatic rings. The molecule has 0 saturated carbocycles. The van der Waals surface area contributed by atoms with E-state index in [1.54, 1.807) is 6.92 Å². The predicted octanol–water partition coefficient (Wildman–Crippen LogP) is 1.45. The fourth-order valence-corrected chi connectivity index (χ4v) is 2.86. The van der Waals surface area contributed by atoms with E-state index in [-0.39, 0.29) is 11.7 Å². The molecular formula is C16H22N2O4. The van der Waals surface area contributed by atoms with Crippen LogP contribution in [0, 0.1) is 0 Å². The Morgan fingerprint density at radius 3 is 2.27 bits per heavy atom. The molecule has 6 heteroatoms. The maximum absolute atomic E-state index is 12.2. The van der Waals surface area contributed by atoms with Gasteiger partial charge in [0.25, 0.3) is 5.91 Å². The SMILES string of the molecule is CC(NC(=O)c1ccc(O)cc1)C(C(=O)O)N1CCCCC1. The van der Waals surface area contributed by atoms with Gasteiger partial charge in [-0.2, -0.15) is 0 Å². The van der Waals surface area contributed by atoms with E-state index in [0.717, 1.165) is 32.4 Å². The molecule has 0 bridgehead atoms. The number of phenolic OH excluding ortho intramolecular Hbond substituents is 1. The predicted molar refractivity (Wildman–Crippen MR) is 81.9 cm³/mol. The number of carboxylic acids is 1. The number of nitrogens with one attached hydrogen (secondary N) is 1. The van der Waals surface area contributed by atoms with Crippen LogP contribution in [-0.2, 0) is 4.79 Å². The van der Waals surface area contributed by atoms with Crippen LogP contribution in [0.3, 0.4) is 0 Å². The molecule has 2 rings (SSSR count). The highest BCUT2D eigenvalue weighted by Crippen LogP contribution is 2.16. The van der Waals surface area contributed by atoms with Gasteiger partial charge >= 0.3 is 5.97 Å². The topological polar surface area (TPSA) is 89.9 Å². The Balaban J connectivity index is 2.03. The minimum atomic E-state index is -0.916. The molecule has 1 heterocycles. The lowest BCUT2D eigenvalue weighted by molar-refractivity contribution is -0.144. The number of hydrogen-bond acceptors (Lipinski definition) is 4. The van der Waals surface area contributed by atoms with E-state index in [4.69, 9.17) is 0 Å². The number of phenols is 1. The molecule has 2 atom stereocenters. The lowest BCUT2D eigenvalue weighted by Gasteiger charge is -2.35. The lowest BCUT2D eigenvalue weighted by atomic mass is 10.0. The number of benzene rings is 1. The molecule has 1 aliphatic rings. The van der Waals surface area contributed by atoms with Crippen LogP contribution in [0.4, 0.5) is 0 Å². The molecule has 0 radical (unpaired) electrons. The van der Waals surface area contributed by atoms with Crippen molar-refractivity contribution >= 4 is 11.9 Å². The van der Waals surface area contributed by atoms with Crippen molar-refractivity contribution in [2.45, 2.75) is 38.3 Å². The van der Waals surface area contributed by atoms with Crippen LogP contribution in [0.25, 0.3) is 0 Å². The summed E-state index contributed by atoms with van der Waals surface area (Å²) in [6, 6.07) is 4.65. The van der Waals surface area contributed by atoms with Crippen LogP contribution in [0.15, 0.2) is 24.3 Å². The van der Waals surface area contributed by atoms with Gasteiger partial charge < -0.3 is 15.5 Å². The smallest absolute Gasteiger partial charge is 0.323 e. The standard InChI is InChI=1S/C16H22N2O4/c1-11(14(16(21)22)18-9-3-2-4-10-18)17-15(20)12-5-7-13(19)8-6-12/h5-8,11,14,19H,2-4,9-10H2,1H3,(H,17,20)(H,21,22). The number of carbonyl (C=O) groups excluding carboxylic acids is 1. The number of piperidine rings is 1. The van der Waals surface area contributed by atoms with Crippen molar-refractivity contribution in [1.29, 1.82) is 0 Å². The number of likely N-dealkylation sites (tertiary alicyclic amines) is 1. The lowest BCUT2D eigenvalue weighted by Crippen LogP contribution is -2.55. The Morgan fingerprint density at radius 2 is 1.73 bits per heavy atom. The number of carboxylic acid groups (broad SMARTS) is 1. The van der Waals surface area contributed by atoms with Gasteiger partial charge in [-0.25, -0.2) is 0 Å². The van der Waals surface area contributed by atoms with Crippen molar-refractivity contribution in [2.24, 2.45) is 0 Å². The molecule has 2 unspecified atom stereocenters. The Bertz CT molecular complexity index is 523. The van der Waals surface area contributed by atoms with Crippen LogP contribution in [0.1, 0.15) is 36.5 Å². The van der Waals surface area contributed by atoms with Crippen molar-refractivity contribution in [3.8, 4) is 5.75 Å². The van der Waals surface area contributed by atoms with E-state index in [1.807, 2.05) is 4.90 Å². The normalized spacial score (nSPS) is 18.4. The number of carbonyl (C=O) groups is 2. The van der Waals surface area contributed by atoms with Gasteiger partial charge in [0.2, 0.25) is 0 Å². The molecule has 0 aliphatic carbocycles. The van der Waals surface area contributed by atoms with Gasteiger partial charge in [0.1, 0.15) is 11.8 Å². The quantitative estimate of drug-likeness (QED) is 0.766. The summed E-state index contributed by atoms with van der Waals surface area (Å²) in [5.41, 5.74) is 0.396. The molecule has 3 N–H and O–H groups in total. The summed E-state index contributed by atoms with van der Waals surface area (Å²) in [5, 5.41) is 21.5. The first-order valence-corrected chi connectivity index (χ1v) is 7.56. The second-order valence-corrected chi connectivity index (χ2v) is 5.69. The third-order valence-corrected chi connectivity index (χ3v) is 4.00. The summed E-state index contributed by atoms with van der Waals surface area (Å²) >= 11 is 0. The average molecular weight is 306 g/mol. The van der Waals surface area contributed by atoms with Gasteiger partial charge in [-0.3, -0.25) is 14.5 Å². The molecule has 120 valence electrons. The molecule has 1 aliphatic heterocycles.